The van der Waals surface area contributed by atoms with Crippen molar-refractivity contribution in [3.63, 3.8) is 0 Å². The highest BCUT2D eigenvalue weighted by atomic mass is 35.5. The molecule has 1 aromatic carbocycles. The molecular weight excluding hydrogens is 286 g/mol. The minimum Gasteiger partial charge on any atom is -0.364 e. The predicted octanol–water partition coefficient (Wildman–Crippen LogP) is 3.87. The van der Waals surface area contributed by atoms with Crippen LogP contribution in [-0.4, -0.2) is 18.1 Å². The average molecular weight is 306 g/mol. The van der Waals surface area contributed by atoms with Crippen molar-refractivity contribution in [2.24, 2.45) is 16.7 Å². The first-order valence-electron chi connectivity index (χ1n) is 7.63. The van der Waals surface area contributed by atoms with Gasteiger partial charge in [-0.05, 0) is 37.3 Å². The van der Waals surface area contributed by atoms with Crippen LogP contribution in [0.2, 0.25) is 5.02 Å². The molecule has 4 bridgehead atoms. The maximum absolute atomic E-state index is 13.0. The van der Waals surface area contributed by atoms with Gasteiger partial charge in [0.1, 0.15) is 0 Å². The zero-order valence-electron chi connectivity index (χ0n) is 12.4. The molecule has 0 unspecified atom stereocenters. The Balaban J connectivity index is 1.68. The summed E-state index contributed by atoms with van der Waals surface area (Å²) in [5.74, 6) is 0.581. The summed E-state index contributed by atoms with van der Waals surface area (Å²) in [5.41, 5.74) is 0.0760. The summed E-state index contributed by atoms with van der Waals surface area (Å²) in [6.45, 7) is 5.23. The van der Waals surface area contributed by atoms with Crippen molar-refractivity contribution in [3.8, 4) is 0 Å². The van der Waals surface area contributed by atoms with Gasteiger partial charge < -0.3 is 10.1 Å². The first-order chi connectivity index (χ1) is 9.93. The van der Waals surface area contributed by atoms with Crippen LogP contribution in [0.4, 0.5) is 5.69 Å². The number of amides is 1. The van der Waals surface area contributed by atoms with E-state index >= 15 is 0 Å². The number of anilines is 1. The topological polar surface area (TPSA) is 38.3 Å². The zero-order valence-corrected chi connectivity index (χ0v) is 13.2. The largest absolute Gasteiger partial charge is 0.364 e. The number of hydrogen-bond donors (Lipinski definition) is 1. The Hall–Kier alpha value is -1.06. The van der Waals surface area contributed by atoms with E-state index in [4.69, 9.17) is 16.3 Å². The number of para-hydroxylation sites is 1. The molecule has 112 valence electrons. The van der Waals surface area contributed by atoms with E-state index in [1.807, 2.05) is 18.2 Å². The predicted molar refractivity (Wildman–Crippen MR) is 82.3 cm³/mol. The van der Waals surface area contributed by atoms with Gasteiger partial charge in [-0.2, -0.15) is 0 Å². The molecule has 2 saturated carbocycles. The molecular formula is C17H20ClNO2. The van der Waals surface area contributed by atoms with Crippen LogP contribution >= 0.6 is 11.6 Å². The Morgan fingerprint density at radius 3 is 2.81 bits per heavy atom. The molecule has 1 aliphatic heterocycles. The summed E-state index contributed by atoms with van der Waals surface area (Å²) in [5, 5.41) is 3.57. The summed E-state index contributed by atoms with van der Waals surface area (Å²) in [6, 6.07) is 7.36. The fourth-order valence-electron chi connectivity index (χ4n) is 5.04. The minimum atomic E-state index is -0.677. The van der Waals surface area contributed by atoms with E-state index in [1.165, 1.54) is 6.42 Å². The quantitative estimate of drug-likeness (QED) is 0.900. The molecule has 2 aliphatic carbocycles. The number of carbonyl (C=O) groups is 1. The van der Waals surface area contributed by atoms with E-state index in [-0.39, 0.29) is 16.7 Å². The van der Waals surface area contributed by atoms with Crippen molar-refractivity contribution in [2.45, 2.75) is 38.7 Å². The lowest BCUT2D eigenvalue weighted by molar-refractivity contribution is -0.149. The molecule has 21 heavy (non-hydrogen) atoms. The van der Waals surface area contributed by atoms with E-state index in [0.717, 1.165) is 12.8 Å². The second-order valence-electron chi connectivity index (χ2n) is 7.24. The summed E-state index contributed by atoms with van der Waals surface area (Å²) in [6.07, 6.45) is 3.14. The van der Waals surface area contributed by atoms with Gasteiger partial charge in [0.05, 0.1) is 17.3 Å². The first-order valence-corrected chi connectivity index (χ1v) is 8.01. The van der Waals surface area contributed by atoms with Crippen LogP contribution in [0.5, 0.6) is 0 Å². The van der Waals surface area contributed by atoms with Crippen LogP contribution in [0.15, 0.2) is 24.3 Å². The van der Waals surface area contributed by atoms with Gasteiger partial charge in [-0.1, -0.05) is 37.6 Å². The van der Waals surface area contributed by atoms with Gasteiger partial charge in [0, 0.05) is 10.8 Å². The van der Waals surface area contributed by atoms with E-state index in [2.05, 4.69) is 19.2 Å². The number of ether oxygens (including phenoxy) is 1. The molecule has 0 radical (unpaired) electrons. The Bertz CT molecular complexity index is 633. The van der Waals surface area contributed by atoms with Crippen molar-refractivity contribution >= 4 is 23.2 Å². The molecule has 4 atom stereocenters. The Labute approximate surface area is 130 Å². The molecule has 0 spiro atoms. The van der Waals surface area contributed by atoms with E-state index in [1.54, 1.807) is 6.07 Å². The van der Waals surface area contributed by atoms with Crippen molar-refractivity contribution in [2.75, 3.05) is 11.9 Å². The SMILES string of the molecule is C[C@@]12CC[C@@H]3C[C@]1(C(=O)Nc1ccccc1Cl)OC[C@]32C. The lowest BCUT2D eigenvalue weighted by Crippen LogP contribution is -2.52. The molecule has 4 rings (SSSR count). The van der Waals surface area contributed by atoms with Gasteiger partial charge in [0.15, 0.2) is 5.60 Å². The fourth-order valence-corrected chi connectivity index (χ4v) is 5.23. The van der Waals surface area contributed by atoms with Crippen LogP contribution < -0.4 is 5.32 Å². The van der Waals surface area contributed by atoms with Crippen LogP contribution in [0.25, 0.3) is 0 Å². The maximum atomic E-state index is 13.0. The van der Waals surface area contributed by atoms with Crippen molar-refractivity contribution in [1.82, 2.24) is 0 Å². The van der Waals surface area contributed by atoms with Gasteiger partial charge >= 0.3 is 0 Å². The van der Waals surface area contributed by atoms with Gasteiger partial charge in [0.25, 0.3) is 5.91 Å². The number of halogens is 1. The Kier molecular flexibility index (Phi) is 2.60. The van der Waals surface area contributed by atoms with Crippen LogP contribution in [0.3, 0.4) is 0 Å². The summed E-state index contributed by atoms with van der Waals surface area (Å²) in [7, 11) is 0. The van der Waals surface area contributed by atoms with Crippen LogP contribution in [0.1, 0.15) is 33.1 Å². The van der Waals surface area contributed by atoms with Crippen molar-refractivity contribution < 1.29 is 9.53 Å². The lowest BCUT2D eigenvalue weighted by Gasteiger charge is -2.40. The third-order valence-corrected chi connectivity index (χ3v) is 7.02. The highest BCUT2D eigenvalue weighted by Gasteiger charge is 2.78. The number of carbonyl (C=O) groups excluding carboxylic acids is 1. The monoisotopic (exact) mass is 305 g/mol. The third kappa shape index (κ3) is 1.42. The third-order valence-electron chi connectivity index (χ3n) is 6.69. The van der Waals surface area contributed by atoms with Crippen LogP contribution in [-0.2, 0) is 9.53 Å². The van der Waals surface area contributed by atoms with E-state index in [9.17, 15) is 4.79 Å². The number of rotatable bonds is 2. The number of benzene rings is 1. The van der Waals surface area contributed by atoms with Gasteiger partial charge in [0.2, 0.25) is 0 Å². The summed E-state index contributed by atoms with van der Waals surface area (Å²) in [4.78, 5) is 13.0. The molecule has 3 nitrogen and oxygen atoms in total. The Morgan fingerprint density at radius 1 is 1.38 bits per heavy atom. The molecule has 1 N–H and O–H groups in total. The van der Waals surface area contributed by atoms with Crippen molar-refractivity contribution in [1.29, 1.82) is 0 Å². The van der Waals surface area contributed by atoms with E-state index < -0.39 is 5.60 Å². The molecule has 4 heteroatoms. The Morgan fingerprint density at radius 2 is 2.14 bits per heavy atom. The second-order valence-corrected chi connectivity index (χ2v) is 7.65. The maximum Gasteiger partial charge on any atom is 0.257 e. The summed E-state index contributed by atoms with van der Waals surface area (Å²) < 4.78 is 6.10. The highest BCUT2D eigenvalue weighted by molar-refractivity contribution is 6.33. The molecule has 3 aliphatic rings. The fraction of sp³-hybridized carbons (Fsp3) is 0.588. The number of nitrogens with one attached hydrogen (secondary N) is 1. The second kappa shape index (κ2) is 4.02. The molecule has 1 heterocycles. The summed E-state index contributed by atoms with van der Waals surface area (Å²) >= 11 is 6.16. The van der Waals surface area contributed by atoms with Gasteiger partial charge in [-0.3, -0.25) is 4.79 Å². The van der Waals surface area contributed by atoms with Crippen molar-refractivity contribution in [3.05, 3.63) is 29.3 Å². The molecule has 3 fully saturated rings. The average Bonchev–Trinajstić information content (AvgIpc) is 2.93. The lowest BCUT2D eigenvalue weighted by atomic mass is 9.66. The zero-order chi connectivity index (χ0) is 14.9. The molecule has 1 amide bonds. The standard InChI is InChI=1S/C17H20ClNO2/c1-15-10-21-17(9-11(15)7-8-16(15,17)2)14(20)19-13-6-4-3-5-12(13)18/h3-6,11H,7-10H2,1-2H3,(H,19,20)/t11-,15-,16+,17-/m1/s1. The van der Waals surface area contributed by atoms with Gasteiger partial charge in [-0.15, -0.1) is 0 Å². The molecule has 0 aromatic heterocycles. The van der Waals surface area contributed by atoms with E-state index in [0.29, 0.717) is 23.2 Å². The minimum absolute atomic E-state index is 0.0241. The van der Waals surface area contributed by atoms with Crippen LogP contribution in [0, 0.1) is 16.7 Å². The molecule has 1 aromatic rings. The van der Waals surface area contributed by atoms with Gasteiger partial charge in [-0.25, -0.2) is 0 Å². The highest BCUT2D eigenvalue weighted by Crippen LogP contribution is 2.75. The smallest absolute Gasteiger partial charge is 0.257 e. The molecule has 1 saturated heterocycles. The number of hydrogen-bond acceptors (Lipinski definition) is 2. The first kappa shape index (κ1) is 13.6. The normalized spacial score (nSPS) is 43.3.